The molecule has 5 nitrogen and oxygen atoms in total. The Bertz CT molecular complexity index is 875. The zero-order valence-electron chi connectivity index (χ0n) is 14.4. The Morgan fingerprint density at radius 2 is 2.04 bits per heavy atom. The molecule has 1 amide bonds. The molecule has 0 radical (unpaired) electrons. The summed E-state index contributed by atoms with van der Waals surface area (Å²) in [6.07, 6.45) is 2.54. The van der Waals surface area contributed by atoms with Crippen LogP contribution in [0.5, 0.6) is 5.75 Å². The fourth-order valence-corrected chi connectivity index (χ4v) is 2.59. The molecule has 134 valence electrons. The van der Waals surface area contributed by atoms with E-state index in [4.69, 9.17) is 9.26 Å². The second kappa shape index (κ2) is 8.29. The molecule has 2 aromatic carbocycles. The van der Waals surface area contributed by atoms with Gasteiger partial charge in [0.15, 0.2) is 5.76 Å². The van der Waals surface area contributed by atoms with Crippen molar-refractivity contribution in [3.63, 3.8) is 0 Å². The van der Waals surface area contributed by atoms with Gasteiger partial charge in [0, 0.05) is 24.1 Å². The van der Waals surface area contributed by atoms with Gasteiger partial charge in [-0.2, -0.15) is 0 Å². The Labute approximate surface area is 150 Å². The Morgan fingerprint density at radius 3 is 2.81 bits per heavy atom. The quantitative estimate of drug-likeness (QED) is 0.702. The van der Waals surface area contributed by atoms with Crippen LogP contribution in [-0.2, 0) is 17.8 Å². The van der Waals surface area contributed by atoms with Crippen LogP contribution in [0.1, 0.15) is 17.5 Å². The fraction of sp³-hybridized carbons (Fsp3) is 0.200. The number of aromatic nitrogens is 1. The minimum atomic E-state index is -0.319. The molecule has 1 N–H and O–H groups in total. The van der Waals surface area contributed by atoms with E-state index in [9.17, 15) is 9.18 Å². The van der Waals surface area contributed by atoms with E-state index >= 15 is 0 Å². The van der Waals surface area contributed by atoms with Crippen LogP contribution in [0.25, 0.3) is 11.3 Å². The summed E-state index contributed by atoms with van der Waals surface area (Å²) in [5.74, 6) is 0.911. The molecule has 0 spiro atoms. The van der Waals surface area contributed by atoms with Crippen LogP contribution in [0.15, 0.2) is 59.3 Å². The third kappa shape index (κ3) is 4.47. The summed E-state index contributed by atoms with van der Waals surface area (Å²) < 4.78 is 23.5. The van der Waals surface area contributed by atoms with Crippen molar-refractivity contribution < 1.29 is 18.4 Å². The number of amides is 1. The third-order valence-corrected chi connectivity index (χ3v) is 4.00. The number of rotatable bonds is 7. The molecule has 0 aliphatic rings. The van der Waals surface area contributed by atoms with Crippen LogP contribution in [0.2, 0.25) is 0 Å². The van der Waals surface area contributed by atoms with Crippen molar-refractivity contribution in [2.24, 2.45) is 0 Å². The maximum Gasteiger partial charge on any atom is 0.220 e. The average Bonchev–Trinajstić information content (AvgIpc) is 3.14. The molecule has 0 aliphatic heterocycles. The van der Waals surface area contributed by atoms with Crippen molar-refractivity contribution >= 4 is 5.91 Å². The summed E-state index contributed by atoms with van der Waals surface area (Å²) in [4.78, 5) is 12.1. The van der Waals surface area contributed by atoms with Gasteiger partial charge in [0.25, 0.3) is 0 Å². The molecular formula is C20H19FN2O3. The van der Waals surface area contributed by atoms with Gasteiger partial charge in [-0.25, -0.2) is 4.39 Å². The average molecular weight is 354 g/mol. The van der Waals surface area contributed by atoms with Crippen LogP contribution in [-0.4, -0.2) is 18.2 Å². The molecule has 0 fully saturated rings. The fourth-order valence-electron chi connectivity index (χ4n) is 2.59. The van der Waals surface area contributed by atoms with Crippen molar-refractivity contribution in [2.45, 2.75) is 19.4 Å². The van der Waals surface area contributed by atoms with E-state index in [0.717, 1.165) is 16.9 Å². The number of hydrogen-bond acceptors (Lipinski definition) is 4. The largest absolute Gasteiger partial charge is 0.497 e. The van der Waals surface area contributed by atoms with E-state index in [1.165, 1.54) is 12.1 Å². The highest BCUT2D eigenvalue weighted by molar-refractivity contribution is 5.76. The van der Waals surface area contributed by atoms with Crippen LogP contribution >= 0.6 is 0 Å². The molecule has 0 saturated carbocycles. The van der Waals surface area contributed by atoms with Gasteiger partial charge in [-0.15, -0.1) is 0 Å². The number of hydrogen-bond donors (Lipinski definition) is 1. The predicted octanol–water partition coefficient (Wildman–Crippen LogP) is 3.74. The van der Waals surface area contributed by atoms with Crippen molar-refractivity contribution in [3.8, 4) is 17.1 Å². The van der Waals surface area contributed by atoms with Crippen molar-refractivity contribution in [2.75, 3.05) is 7.11 Å². The van der Waals surface area contributed by atoms with Crippen LogP contribution in [0.3, 0.4) is 0 Å². The Hall–Kier alpha value is -3.15. The molecule has 0 saturated heterocycles. The number of aryl methyl sites for hydroxylation is 1. The number of nitrogens with zero attached hydrogens (tertiary/aromatic N) is 1. The molecule has 0 aliphatic carbocycles. The maximum absolute atomic E-state index is 13.0. The van der Waals surface area contributed by atoms with Gasteiger partial charge in [-0.05, 0) is 48.4 Å². The normalized spacial score (nSPS) is 10.5. The first kappa shape index (κ1) is 17.7. The van der Waals surface area contributed by atoms with E-state index in [1.807, 2.05) is 24.3 Å². The topological polar surface area (TPSA) is 64.4 Å². The first-order valence-corrected chi connectivity index (χ1v) is 8.25. The number of nitrogens with one attached hydrogen (secondary N) is 1. The Kier molecular flexibility index (Phi) is 5.63. The Morgan fingerprint density at radius 1 is 1.23 bits per heavy atom. The van der Waals surface area contributed by atoms with Gasteiger partial charge in [0.1, 0.15) is 11.6 Å². The van der Waals surface area contributed by atoms with Gasteiger partial charge in [0.05, 0.1) is 13.3 Å². The van der Waals surface area contributed by atoms with Crippen LogP contribution in [0.4, 0.5) is 4.39 Å². The van der Waals surface area contributed by atoms with E-state index in [2.05, 4.69) is 10.5 Å². The SMILES string of the molecule is COc1cccc(CCC(=O)NCc2cnoc2-c2ccc(F)cc2)c1. The highest BCUT2D eigenvalue weighted by Gasteiger charge is 2.12. The molecule has 1 aromatic heterocycles. The lowest BCUT2D eigenvalue weighted by molar-refractivity contribution is -0.121. The van der Waals surface area contributed by atoms with Gasteiger partial charge < -0.3 is 14.6 Å². The molecule has 0 bridgehead atoms. The van der Waals surface area contributed by atoms with Crippen LogP contribution in [0, 0.1) is 5.82 Å². The predicted molar refractivity (Wildman–Crippen MR) is 95.1 cm³/mol. The molecular weight excluding hydrogens is 335 g/mol. The molecule has 26 heavy (non-hydrogen) atoms. The lowest BCUT2D eigenvalue weighted by Gasteiger charge is -2.06. The number of carbonyl (C=O) groups is 1. The Balaban J connectivity index is 1.55. The molecule has 1 heterocycles. The number of carbonyl (C=O) groups excluding carboxylic acids is 1. The molecule has 3 aromatic rings. The summed E-state index contributed by atoms with van der Waals surface area (Å²) >= 11 is 0. The van der Waals surface area contributed by atoms with Gasteiger partial charge in [-0.3, -0.25) is 4.79 Å². The summed E-state index contributed by atoms with van der Waals surface area (Å²) in [6, 6.07) is 13.6. The van der Waals surface area contributed by atoms with E-state index in [-0.39, 0.29) is 11.7 Å². The highest BCUT2D eigenvalue weighted by Crippen LogP contribution is 2.23. The summed E-state index contributed by atoms with van der Waals surface area (Å²) in [5, 5.41) is 6.64. The minimum Gasteiger partial charge on any atom is -0.497 e. The minimum absolute atomic E-state index is 0.0703. The molecule has 6 heteroatoms. The first-order chi connectivity index (χ1) is 12.7. The zero-order chi connectivity index (χ0) is 18.4. The smallest absolute Gasteiger partial charge is 0.220 e. The second-order valence-electron chi connectivity index (χ2n) is 5.82. The summed E-state index contributed by atoms with van der Waals surface area (Å²) in [7, 11) is 1.61. The molecule has 0 unspecified atom stereocenters. The monoisotopic (exact) mass is 354 g/mol. The third-order valence-electron chi connectivity index (χ3n) is 4.00. The van der Waals surface area contributed by atoms with Crippen molar-refractivity contribution in [1.82, 2.24) is 10.5 Å². The van der Waals surface area contributed by atoms with Crippen molar-refractivity contribution in [1.29, 1.82) is 0 Å². The van der Waals surface area contributed by atoms with Crippen molar-refractivity contribution in [3.05, 3.63) is 71.7 Å². The number of halogens is 1. The zero-order valence-corrected chi connectivity index (χ0v) is 14.4. The molecule has 3 rings (SSSR count). The number of benzene rings is 2. The van der Waals surface area contributed by atoms with E-state index in [1.54, 1.807) is 25.4 Å². The lowest BCUT2D eigenvalue weighted by atomic mass is 10.1. The summed E-state index contributed by atoms with van der Waals surface area (Å²) in [5.41, 5.74) is 2.49. The number of methoxy groups -OCH3 is 1. The molecule has 0 atom stereocenters. The lowest BCUT2D eigenvalue weighted by Crippen LogP contribution is -2.23. The standard InChI is InChI=1S/C20H19FN2O3/c1-25-18-4-2-3-14(11-18)5-10-19(24)22-12-16-13-23-26-20(16)15-6-8-17(21)9-7-15/h2-4,6-9,11,13H,5,10,12H2,1H3,(H,22,24). The maximum atomic E-state index is 13.0. The van der Waals surface area contributed by atoms with E-state index < -0.39 is 0 Å². The number of ether oxygens (including phenoxy) is 1. The van der Waals surface area contributed by atoms with Gasteiger partial charge in [-0.1, -0.05) is 17.3 Å². The van der Waals surface area contributed by atoms with Gasteiger partial charge >= 0.3 is 0 Å². The first-order valence-electron chi connectivity index (χ1n) is 8.25. The summed E-state index contributed by atoms with van der Waals surface area (Å²) in [6.45, 7) is 0.299. The van der Waals surface area contributed by atoms with E-state index in [0.29, 0.717) is 30.7 Å². The highest BCUT2D eigenvalue weighted by atomic mass is 19.1. The van der Waals surface area contributed by atoms with Crippen LogP contribution < -0.4 is 10.1 Å². The van der Waals surface area contributed by atoms with Gasteiger partial charge in [0.2, 0.25) is 5.91 Å². The second-order valence-corrected chi connectivity index (χ2v) is 5.82.